The monoisotopic (exact) mass is 774 g/mol. The molecule has 2 N–H and O–H groups in total. The number of cyclic esters (lactones) is 1. The highest BCUT2D eigenvalue weighted by atomic mass is 16.6. The number of carbonyl (C=O) groups excluding carboxylic acids is 6. The van der Waals surface area contributed by atoms with E-state index in [9.17, 15) is 43.8 Å². The van der Waals surface area contributed by atoms with Gasteiger partial charge in [-0.15, -0.1) is 0 Å². The molecule has 0 aromatic heterocycles. The highest BCUT2D eigenvalue weighted by Gasteiger charge is 2.91. The summed E-state index contributed by atoms with van der Waals surface area (Å²) in [6.45, 7) is 16.0. The van der Waals surface area contributed by atoms with E-state index in [0.717, 1.165) is 27.7 Å². The Hall–Kier alpha value is -4.31. The van der Waals surface area contributed by atoms with Gasteiger partial charge in [-0.2, -0.15) is 0 Å². The average molecular weight is 775 g/mol. The van der Waals surface area contributed by atoms with E-state index in [1.54, 1.807) is 19.9 Å². The van der Waals surface area contributed by atoms with Crippen LogP contribution in [-0.2, 0) is 66.7 Å². The Morgan fingerprint density at radius 3 is 1.98 bits per heavy atom. The van der Waals surface area contributed by atoms with Crippen molar-refractivity contribution in [2.24, 2.45) is 39.4 Å². The lowest BCUT2D eigenvalue weighted by Crippen LogP contribution is -2.84. The Morgan fingerprint density at radius 2 is 1.44 bits per heavy atom. The van der Waals surface area contributed by atoms with Crippen LogP contribution >= 0.6 is 0 Å². The molecular weight excluding hydrogens is 724 g/mol. The Morgan fingerprint density at radius 1 is 0.873 bits per heavy atom. The number of aliphatic carboxylic acids is 1. The van der Waals surface area contributed by atoms with Crippen LogP contribution in [0.4, 0.5) is 0 Å². The molecule has 55 heavy (non-hydrogen) atoms. The number of epoxide rings is 1. The summed E-state index contributed by atoms with van der Waals surface area (Å²) >= 11 is 0. The lowest BCUT2D eigenvalue weighted by atomic mass is 9.31. The fourth-order valence-corrected chi connectivity index (χ4v) is 12.5. The van der Waals surface area contributed by atoms with Crippen LogP contribution in [0.3, 0.4) is 0 Å². The van der Waals surface area contributed by atoms with Gasteiger partial charge in [-0.05, 0) is 49.5 Å². The maximum atomic E-state index is 13.5. The van der Waals surface area contributed by atoms with Crippen molar-refractivity contribution in [3.63, 3.8) is 0 Å². The lowest BCUT2D eigenvalue weighted by Gasteiger charge is -2.74. The van der Waals surface area contributed by atoms with Crippen LogP contribution in [-0.4, -0.2) is 106 Å². The minimum Gasteiger partial charge on any atom is -0.479 e. The average Bonchev–Trinajstić information content (AvgIpc) is 3.84. The molecule has 16 nitrogen and oxygen atoms in total. The molecule has 302 valence electrons. The predicted octanol–water partition coefficient (Wildman–Crippen LogP) is 2.37. The molecule has 2 aliphatic heterocycles. The number of fused-ring (bicyclic) bond motifs is 9. The van der Waals surface area contributed by atoms with Gasteiger partial charge in [0.15, 0.2) is 12.2 Å². The molecule has 4 aliphatic carbocycles. The number of esters is 6. The van der Waals surface area contributed by atoms with E-state index < -0.39 is 136 Å². The zero-order chi connectivity index (χ0) is 41.0. The van der Waals surface area contributed by atoms with Crippen LogP contribution in [0.15, 0.2) is 24.3 Å². The van der Waals surface area contributed by atoms with Crippen molar-refractivity contribution in [3.05, 3.63) is 24.3 Å². The van der Waals surface area contributed by atoms with Crippen LogP contribution in [0.2, 0.25) is 0 Å². The number of ether oxygens (including phenoxy) is 7. The number of carbonyl (C=O) groups is 7. The van der Waals surface area contributed by atoms with Crippen molar-refractivity contribution in [1.82, 2.24) is 0 Å². The molecule has 0 aromatic rings. The van der Waals surface area contributed by atoms with E-state index in [0.29, 0.717) is 5.57 Å². The van der Waals surface area contributed by atoms with Crippen molar-refractivity contribution in [2.45, 2.75) is 129 Å². The molecule has 16 heteroatoms. The number of rotatable bonds is 7. The highest BCUT2D eigenvalue weighted by molar-refractivity contribution is 5.86. The molecule has 15 atom stereocenters. The number of aliphatic hydroxyl groups is 1. The van der Waals surface area contributed by atoms with Gasteiger partial charge < -0.3 is 43.4 Å². The Balaban J connectivity index is 1.72. The third kappa shape index (κ3) is 5.25. The quantitative estimate of drug-likeness (QED) is 0.164. The standard InChI is InChI=1S/C39H50O16/c1-17-15-38(48)25-13-14-34(8)24-11-12-26(45)49-16-37(24,18(2)50-19(3)40)30(52-21(5)42)27(51-20(4)41)28(34)35(25,9)31(53-22(6)43)32(54-23(7)44)36(38,10)39(33(46)47)29(17)55-39/h11-12,18,24-25,27-32,48H,1,13-16H2,2-10H3,(H,46,47)/t18-,24?,25?,27?,28?,29?,30?,31?,32?,34?,35?,36?,37?,38?,39?/m1/s1. The van der Waals surface area contributed by atoms with Gasteiger partial charge in [0.1, 0.15) is 31.0 Å². The van der Waals surface area contributed by atoms with Gasteiger partial charge in [0.25, 0.3) is 0 Å². The van der Waals surface area contributed by atoms with Crippen molar-refractivity contribution in [2.75, 3.05) is 6.61 Å². The van der Waals surface area contributed by atoms with Crippen LogP contribution < -0.4 is 0 Å². The SMILES string of the molecule is C=C1CC2(O)C3CCC4(C)C(C(OC(C)=O)C(OC(C)=O)C5([C@@H](C)OC(C)=O)COC(=O)C=CC45)C3(C)C(OC(C)=O)C(OC(C)=O)C2(C)C2(C(=O)O)OC12. The number of carboxylic acids is 1. The molecule has 0 amide bonds. The lowest BCUT2D eigenvalue weighted by molar-refractivity contribution is -0.357. The smallest absolute Gasteiger partial charge is 0.339 e. The molecule has 4 saturated carbocycles. The molecule has 0 radical (unpaired) electrons. The summed E-state index contributed by atoms with van der Waals surface area (Å²) in [6.07, 6.45) is -5.44. The van der Waals surface area contributed by atoms with Gasteiger partial charge in [-0.25, -0.2) is 9.59 Å². The van der Waals surface area contributed by atoms with E-state index in [4.69, 9.17) is 33.2 Å². The third-order valence-corrected chi connectivity index (χ3v) is 14.2. The minimum absolute atomic E-state index is 0.121. The second-order valence-corrected chi connectivity index (χ2v) is 16.9. The summed E-state index contributed by atoms with van der Waals surface area (Å²) in [5, 5.41) is 24.3. The highest BCUT2D eigenvalue weighted by Crippen LogP contribution is 2.78. The number of allylic oxidation sites excluding steroid dienone is 1. The first-order chi connectivity index (χ1) is 25.4. The molecule has 1 saturated heterocycles. The minimum atomic E-state index is -2.14. The summed E-state index contributed by atoms with van der Waals surface area (Å²) in [7, 11) is 0. The van der Waals surface area contributed by atoms with Crippen LogP contribution in [0.1, 0.15) is 81.6 Å². The number of carboxylic acid groups (broad SMARTS) is 1. The van der Waals surface area contributed by atoms with Crippen LogP contribution in [0.5, 0.6) is 0 Å². The topological polar surface area (TPSA) is 228 Å². The normalized spacial score (nSPS) is 45.6. The van der Waals surface area contributed by atoms with E-state index >= 15 is 0 Å². The second kappa shape index (κ2) is 12.9. The van der Waals surface area contributed by atoms with Crippen molar-refractivity contribution in [1.29, 1.82) is 0 Å². The maximum Gasteiger partial charge on any atom is 0.339 e. The zero-order valence-electron chi connectivity index (χ0n) is 32.5. The molecular formula is C39H50O16. The molecule has 2 heterocycles. The Bertz CT molecular complexity index is 1790. The zero-order valence-corrected chi connectivity index (χ0v) is 32.5. The summed E-state index contributed by atoms with van der Waals surface area (Å²) in [4.78, 5) is 91.8. The predicted molar refractivity (Wildman–Crippen MR) is 184 cm³/mol. The van der Waals surface area contributed by atoms with E-state index in [1.165, 1.54) is 19.9 Å². The van der Waals surface area contributed by atoms with Crippen molar-refractivity contribution < 1.29 is 76.9 Å². The molecule has 5 fully saturated rings. The van der Waals surface area contributed by atoms with Gasteiger partial charge in [0.2, 0.25) is 5.60 Å². The van der Waals surface area contributed by atoms with Crippen molar-refractivity contribution in [3.8, 4) is 0 Å². The largest absolute Gasteiger partial charge is 0.479 e. The Labute approximate surface area is 318 Å². The van der Waals surface area contributed by atoms with Gasteiger partial charge in [-0.1, -0.05) is 26.5 Å². The van der Waals surface area contributed by atoms with Gasteiger partial charge >= 0.3 is 41.8 Å². The Kier molecular flexibility index (Phi) is 9.44. The van der Waals surface area contributed by atoms with E-state index in [2.05, 4.69) is 6.58 Å². The van der Waals surface area contributed by atoms with Crippen LogP contribution in [0.25, 0.3) is 0 Å². The van der Waals surface area contributed by atoms with Gasteiger partial charge in [0, 0.05) is 58.4 Å². The number of hydrogen-bond donors (Lipinski definition) is 2. The maximum absolute atomic E-state index is 13.5. The first kappa shape index (κ1) is 40.4. The third-order valence-electron chi connectivity index (χ3n) is 14.2. The molecule has 0 spiro atoms. The molecule has 14 unspecified atom stereocenters. The fourth-order valence-electron chi connectivity index (χ4n) is 12.5. The summed E-state index contributed by atoms with van der Waals surface area (Å²) < 4.78 is 42.1. The first-order valence-corrected chi connectivity index (χ1v) is 18.4. The summed E-state index contributed by atoms with van der Waals surface area (Å²) in [6, 6.07) is 0. The van der Waals surface area contributed by atoms with E-state index in [-0.39, 0.29) is 19.3 Å². The summed E-state index contributed by atoms with van der Waals surface area (Å²) in [5.41, 5.74) is -10.3. The number of hydrogen-bond acceptors (Lipinski definition) is 15. The van der Waals surface area contributed by atoms with E-state index in [1.807, 2.05) is 6.92 Å². The van der Waals surface area contributed by atoms with Gasteiger partial charge in [-0.3, -0.25) is 24.0 Å². The van der Waals surface area contributed by atoms with Crippen LogP contribution in [0, 0.1) is 39.4 Å². The van der Waals surface area contributed by atoms with Gasteiger partial charge in [0.05, 0.1) is 16.4 Å². The fraction of sp³-hybridized carbons (Fsp3) is 0.718. The molecule has 0 bridgehead atoms. The second-order valence-electron chi connectivity index (χ2n) is 16.9. The molecule has 0 aromatic carbocycles. The van der Waals surface area contributed by atoms with Crippen molar-refractivity contribution >= 4 is 41.8 Å². The first-order valence-electron chi connectivity index (χ1n) is 18.4. The molecule has 6 rings (SSSR count). The summed E-state index contributed by atoms with van der Waals surface area (Å²) in [5.74, 6) is -9.16. The molecule has 6 aliphatic rings.